The van der Waals surface area contributed by atoms with Crippen molar-refractivity contribution in [1.29, 1.82) is 0 Å². The fourth-order valence-electron chi connectivity index (χ4n) is 2.18. The number of nitrogens with zero attached hydrogens (tertiary/aromatic N) is 1. The Kier molecular flexibility index (Phi) is 7.01. The Morgan fingerprint density at radius 2 is 1.82 bits per heavy atom. The molecule has 1 aromatic rings. The fourth-order valence-corrected chi connectivity index (χ4v) is 2.18. The highest BCUT2D eigenvalue weighted by atomic mass is 16.4. The van der Waals surface area contributed by atoms with Crippen molar-refractivity contribution >= 4 is 11.9 Å². The zero-order chi connectivity index (χ0) is 16.7. The lowest BCUT2D eigenvalue weighted by atomic mass is 10.0. The number of hydrogen-bond donors (Lipinski definition) is 3. The van der Waals surface area contributed by atoms with Gasteiger partial charge in [0.2, 0.25) is 0 Å². The minimum Gasteiger partial charge on any atom is -0.480 e. The second-order valence-electron chi connectivity index (χ2n) is 5.77. The molecule has 0 saturated heterocycles. The topological polar surface area (TPSA) is 104 Å². The number of aliphatic hydroxyl groups excluding tert-OH is 1. The third-order valence-corrected chi connectivity index (χ3v) is 3.40. The van der Waals surface area contributed by atoms with E-state index in [4.69, 9.17) is 5.84 Å². The molecule has 1 aromatic carbocycles. The van der Waals surface area contributed by atoms with Crippen molar-refractivity contribution in [2.24, 2.45) is 11.8 Å². The lowest BCUT2D eigenvalue weighted by molar-refractivity contribution is -0.155. The van der Waals surface area contributed by atoms with Crippen LogP contribution < -0.4 is 5.84 Å². The highest BCUT2D eigenvalue weighted by molar-refractivity contribution is 5.85. The summed E-state index contributed by atoms with van der Waals surface area (Å²) in [5.41, 5.74) is 0.995. The summed E-state index contributed by atoms with van der Waals surface area (Å²) in [6.45, 7) is 3.69. The average Bonchev–Trinajstić information content (AvgIpc) is 2.49. The molecule has 4 N–H and O–H groups in total. The molecule has 1 rings (SSSR count). The van der Waals surface area contributed by atoms with E-state index in [9.17, 15) is 19.8 Å². The molecule has 6 nitrogen and oxygen atoms in total. The fraction of sp³-hybridized carbons (Fsp3) is 0.500. The molecular formula is C16H24N2O4. The number of benzene rings is 1. The summed E-state index contributed by atoms with van der Waals surface area (Å²) in [6.07, 6.45) is -0.351. The standard InChI is InChI=1S/C16H24N2O4/c1-11(2)10-13(16(21)22)18(17)15(20)14(19)9-8-12-6-4-3-5-7-12/h3-7,11,13-14,19H,8-10,17H2,1-2H3,(H,21,22)/t13-,14?/m0/s1. The number of carboxylic acid groups (broad SMARTS) is 1. The predicted octanol–water partition coefficient (Wildman–Crippen LogP) is 1.18. The number of nitrogens with two attached hydrogens (primary N) is 1. The smallest absolute Gasteiger partial charge is 0.328 e. The molecule has 0 radical (unpaired) electrons. The minimum atomic E-state index is -1.31. The van der Waals surface area contributed by atoms with Crippen LogP contribution in [0.25, 0.3) is 0 Å². The predicted molar refractivity (Wildman–Crippen MR) is 82.7 cm³/mol. The van der Waals surface area contributed by atoms with E-state index in [-0.39, 0.29) is 18.8 Å². The number of hydrazine groups is 1. The van der Waals surface area contributed by atoms with Gasteiger partial charge < -0.3 is 10.2 Å². The first kappa shape index (κ1) is 18.1. The minimum absolute atomic E-state index is 0.0708. The zero-order valence-corrected chi connectivity index (χ0v) is 13.0. The van der Waals surface area contributed by atoms with E-state index in [1.807, 2.05) is 44.2 Å². The van der Waals surface area contributed by atoms with Gasteiger partial charge in [-0.05, 0) is 30.7 Å². The first-order valence-electron chi connectivity index (χ1n) is 7.35. The van der Waals surface area contributed by atoms with Crippen molar-refractivity contribution in [3.8, 4) is 0 Å². The van der Waals surface area contributed by atoms with Crippen LogP contribution in [0, 0.1) is 5.92 Å². The van der Waals surface area contributed by atoms with Crippen LogP contribution in [0.5, 0.6) is 0 Å². The van der Waals surface area contributed by atoms with E-state index in [1.165, 1.54) is 0 Å². The van der Waals surface area contributed by atoms with Crippen molar-refractivity contribution in [3.63, 3.8) is 0 Å². The molecule has 2 atom stereocenters. The van der Waals surface area contributed by atoms with Gasteiger partial charge in [-0.2, -0.15) is 0 Å². The summed E-state index contributed by atoms with van der Waals surface area (Å²) < 4.78 is 0. The average molecular weight is 308 g/mol. The molecule has 0 heterocycles. The van der Waals surface area contributed by atoms with E-state index in [0.29, 0.717) is 11.4 Å². The van der Waals surface area contributed by atoms with Crippen molar-refractivity contribution in [2.45, 2.75) is 45.3 Å². The number of hydrogen-bond acceptors (Lipinski definition) is 4. The van der Waals surface area contributed by atoms with Crippen molar-refractivity contribution in [1.82, 2.24) is 5.01 Å². The number of aryl methyl sites for hydroxylation is 1. The highest BCUT2D eigenvalue weighted by Gasteiger charge is 2.31. The molecule has 1 amide bonds. The lowest BCUT2D eigenvalue weighted by Gasteiger charge is -2.27. The second kappa shape index (κ2) is 8.51. The molecule has 0 spiro atoms. The number of aliphatic carboxylic acids is 1. The molecule has 0 bridgehead atoms. The van der Waals surface area contributed by atoms with Crippen LogP contribution in [-0.4, -0.2) is 39.2 Å². The third-order valence-electron chi connectivity index (χ3n) is 3.40. The van der Waals surface area contributed by atoms with Crippen LogP contribution in [0.15, 0.2) is 30.3 Å². The maximum absolute atomic E-state index is 12.1. The van der Waals surface area contributed by atoms with Gasteiger partial charge in [-0.3, -0.25) is 9.80 Å². The molecular weight excluding hydrogens is 284 g/mol. The lowest BCUT2D eigenvalue weighted by Crippen LogP contribution is -2.53. The number of amides is 1. The normalized spacial score (nSPS) is 13.7. The Bertz CT molecular complexity index is 490. The maximum atomic E-state index is 12.1. The molecule has 0 aliphatic heterocycles. The van der Waals surface area contributed by atoms with Crippen LogP contribution in [0.3, 0.4) is 0 Å². The Labute approximate surface area is 130 Å². The van der Waals surface area contributed by atoms with Crippen molar-refractivity contribution in [3.05, 3.63) is 35.9 Å². The molecule has 0 aromatic heterocycles. The van der Waals surface area contributed by atoms with Crippen LogP contribution in [0.1, 0.15) is 32.3 Å². The molecule has 0 saturated carbocycles. The van der Waals surface area contributed by atoms with Gasteiger partial charge in [0, 0.05) is 0 Å². The van der Waals surface area contributed by atoms with Gasteiger partial charge in [0.25, 0.3) is 5.91 Å². The number of aliphatic hydroxyl groups is 1. The number of carbonyl (C=O) groups excluding carboxylic acids is 1. The summed E-state index contributed by atoms with van der Waals surface area (Å²) in [5, 5.41) is 19.8. The van der Waals surface area contributed by atoms with Crippen LogP contribution in [0.2, 0.25) is 0 Å². The maximum Gasteiger partial charge on any atom is 0.328 e. The number of rotatable bonds is 8. The molecule has 22 heavy (non-hydrogen) atoms. The second-order valence-corrected chi connectivity index (χ2v) is 5.77. The number of carboxylic acids is 1. The third kappa shape index (κ3) is 5.46. The largest absolute Gasteiger partial charge is 0.480 e. The molecule has 122 valence electrons. The van der Waals surface area contributed by atoms with E-state index < -0.39 is 24.0 Å². The molecule has 0 aliphatic carbocycles. The highest BCUT2D eigenvalue weighted by Crippen LogP contribution is 2.12. The van der Waals surface area contributed by atoms with Gasteiger partial charge in [0.1, 0.15) is 12.1 Å². The van der Waals surface area contributed by atoms with E-state index in [1.54, 1.807) is 0 Å². The SMILES string of the molecule is CC(C)C[C@@H](C(=O)O)N(N)C(=O)C(O)CCc1ccccc1. The summed E-state index contributed by atoms with van der Waals surface area (Å²) in [7, 11) is 0. The van der Waals surface area contributed by atoms with Gasteiger partial charge in [0.15, 0.2) is 0 Å². The van der Waals surface area contributed by atoms with E-state index >= 15 is 0 Å². The van der Waals surface area contributed by atoms with E-state index in [2.05, 4.69) is 0 Å². The Balaban J connectivity index is 2.61. The van der Waals surface area contributed by atoms with Gasteiger partial charge in [0.05, 0.1) is 0 Å². The zero-order valence-electron chi connectivity index (χ0n) is 13.0. The molecule has 0 fully saturated rings. The first-order chi connectivity index (χ1) is 10.3. The van der Waals surface area contributed by atoms with Gasteiger partial charge in [-0.15, -0.1) is 0 Å². The van der Waals surface area contributed by atoms with E-state index in [0.717, 1.165) is 5.56 Å². The monoisotopic (exact) mass is 308 g/mol. The summed E-state index contributed by atoms with van der Waals surface area (Å²) in [5.74, 6) is 3.77. The molecule has 6 heteroatoms. The van der Waals surface area contributed by atoms with Crippen LogP contribution in [0.4, 0.5) is 0 Å². The molecule has 0 aliphatic rings. The van der Waals surface area contributed by atoms with Gasteiger partial charge >= 0.3 is 5.97 Å². The van der Waals surface area contributed by atoms with Crippen LogP contribution >= 0.6 is 0 Å². The molecule has 1 unspecified atom stereocenters. The Morgan fingerprint density at radius 3 is 2.32 bits per heavy atom. The number of carbonyl (C=O) groups is 2. The Hall–Kier alpha value is -1.92. The van der Waals surface area contributed by atoms with Gasteiger partial charge in [-0.1, -0.05) is 44.2 Å². The van der Waals surface area contributed by atoms with Crippen molar-refractivity contribution < 1.29 is 19.8 Å². The van der Waals surface area contributed by atoms with Crippen molar-refractivity contribution in [2.75, 3.05) is 0 Å². The quantitative estimate of drug-likeness (QED) is 0.380. The first-order valence-corrected chi connectivity index (χ1v) is 7.35. The summed E-state index contributed by atoms with van der Waals surface area (Å²) >= 11 is 0. The summed E-state index contributed by atoms with van der Waals surface area (Å²) in [6, 6.07) is 8.31. The Morgan fingerprint density at radius 1 is 1.23 bits per heavy atom. The van der Waals surface area contributed by atoms with Gasteiger partial charge in [-0.25, -0.2) is 10.6 Å². The summed E-state index contributed by atoms with van der Waals surface area (Å²) in [4.78, 5) is 23.3. The van der Waals surface area contributed by atoms with Crippen LogP contribution in [-0.2, 0) is 16.0 Å².